The van der Waals surface area contributed by atoms with Gasteiger partial charge in [-0.1, -0.05) is 12.2 Å². The van der Waals surface area contributed by atoms with Crippen molar-refractivity contribution in [2.75, 3.05) is 25.1 Å². The largest absolute Gasteiger partial charge is 0.411 e. The topological polar surface area (TPSA) is 60.2 Å². The zero-order valence-corrected chi connectivity index (χ0v) is 10.1. The Hall–Kier alpha value is -1.41. The molecule has 0 amide bonds. The zero-order valence-electron chi connectivity index (χ0n) is 9.33. The third-order valence-corrected chi connectivity index (χ3v) is 2.10. The molecule has 18 heavy (non-hydrogen) atoms. The second kappa shape index (κ2) is 6.50. The number of thiocarbonyl (C=S) groups is 1. The molecule has 8 heteroatoms. The van der Waals surface area contributed by atoms with E-state index in [4.69, 9.17) is 18.0 Å². The first kappa shape index (κ1) is 14.7. The molecule has 0 atom stereocenters. The van der Waals surface area contributed by atoms with Gasteiger partial charge in [-0.3, -0.25) is 0 Å². The minimum atomic E-state index is -4.30. The maximum atomic E-state index is 11.8. The van der Waals surface area contributed by atoms with Crippen molar-refractivity contribution in [3.8, 4) is 0 Å². The highest BCUT2D eigenvalue weighted by Gasteiger charge is 2.27. The third kappa shape index (κ3) is 5.78. The summed E-state index contributed by atoms with van der Waals surface area (Å²) in [5, 5.41) is 2.81. The van der Waals surface area contributed by atoms with Crippen LogP contribution in [-0.2, 0) is 4.74 Å². The number of ether oxygens (including phenoxy) is 1. The molecule has 0 bridgehead atoms. The van der Waals surface area contributed by atoms with E-state index in [-0.39, 0.29) is 18.1 Å². The van der Waals surface area contributed by atoms with Gasteiger partial charge in [0.15, 0.2) is 0 Å². The normalized spacial score (nSPS) is 11.3. The predicted molar refractivity (Wildman–Crippen MR) is 65.5 cm³/mol. The molecule has 1 aromatic heterocycles. The number of pyridine rings is 1. The summed E-state index contributed by atoms with van der Waals surface area (Å²) in [6.45, 7) is -1.11. The van der Waals surface area contributed by atoms with Crippen LogP contribution in [0.3, 0.4) is 0 Å². The lowest BCUT2D eigenvalue weighted by Gasteiger charge is -2.09. The first-order valence-corrected chi connectivity index (χ1v) is 5.43. The van der Waals surface area contributed by atoms with Crippen molar-refractivity contribution in [1.82, 2.24) is 4.98 Å². The summed E-state index contributed by atoms with van der Waals surface area (Å²) in [5.74, 6) is 0.482. The molecule has 0 aliphatic carbocycles. The molecule has 1 aromatic rings. The summed E-state index contributed by atoms with van der Waals surface area (Å²) < 4.78 is 39.7. The molecule has 3 N–H and O–H groups in total. The smallest absolute Gasteiger partial charge is 0.389 e. The number of halogens is 3. The molecule has 0 saturated carbocycles. The second-order valence-electron chi connectivity index (χ2n) is 3.39. The van der Waals surface area contributed by atoms with Gasteiger partial charge in [-0.25, -0.2) is 4.98 Å². The van der Waals surface area contributed by atoms with Gasteiger partial charge in [0.2, 0.25) is 0 Å². The Balaban J connectivity index is 2.31. The van der Waals surface area contributed by atoms with Gasteiger partial charge < -0.3 is 15.8 Å². The van der Waals surface area contributed by atoms with Gasteiger partial charge in [-0.05, 0) is 12.1 Å². The van der Waals surface area contributed by atoms with Crippen molar-refractivity contribution in [3.05, 3.63) is 23.9 Å². The molecule has 1 rings (SSSR count). The Morgan fingerprint density at radius 2 is 2.22 bits per heavy atom. The lowest BCUT2D eigenvalue weighted by molar-refractivity contribution is -0.172. The SMILES string of the molecule is NC(=S)c1ccnc(NCCOCC(F)(F)F)c1. The molecule has 0 aromatic carbocycles. The molecule has 0 saturated heterocycles. The lowest BCUT2D eigenvalue weighted by Crippen LogP contribution is -2.20. The highest BCUT2D eigenvalue weighted by Crippen LogP contribution is 2.14. The summed E-state index contributed by atoms with van der Waals surface area (Å²) in [7, 11) is 0. The van der Waals surface area contributed by atoms with Crippen LogP contribution in [-0.4, -0.2) is 35.9 Å². The van der Waals surface area contributed by atoms with Crippen molar-refractivity contribution in [2.24, 2.45) is 5.73 Å². The van der Waals surface area contributed by atoms with Crippen LogP contribution in [0, 0.1) is 0 Å². The van der Waals surface area contributed by atoms with Gasteiger partial charge in [0.25, 0.3) is 0 Å². The number of anilines is 1. The average Bonchev–Trinajstić information content (AvgIpc) is 2.27. The van der Waals surface area contributed by atoms with Gasteiger partial charge >= 0.3 is 6.18 Å². The second-order valence-corrected chi connectivity index (χ2v) is 3.83. The fraction of sp³-hybridized carbons (Fsp3) is 0.400. The molecule has 100 valence electrons. The van der Waals surface area contributed by atoms with E-state index in [1.807, 2.05) is 0 Å². The summed E-state index contributed by atoms with van der Waals surface area (Å²) in [4.78, 5) is 4.19. The number of nitrogens with zero attached hydrogens (tertiary/aromatic N) is 1. The van der Waals surface area contributed by atoms with Gasteiger partial charge in [0.05, 0.1) is 6.61 Å². The maximum Gasteiger partial charge on any atom is 0.411 e. The van der Waals surface area contributed by atoms with Crippen molar-refractivity contribution >= 4 is 23.0 Å². The fourth-order valence-electron chi connectivity index (χ4n) is 1.12. The molecule has 0 spiro atoms. The van der Waals surface area contributed by atoms with Crippen LogP contribution in [0.1, 0.15) is 5.56 Å². The standard InChI is InChI=1S/C10H12F3N3OS/c11-10(12,13)6-17-4-3-16-8-5-7(9(14)18)1-2-15-8/h1-2,5H,3-4,6H2,(H2,14,18)(H,15,16). The molecule has 0 unspecified atom stereocenters. The van der Waals surface area contributed by atoms with Crippen LogP contribution in [0.25, 0.3) is 0 Å². The quantitative estimate of drug-likeness (QED) is 0.613. The minimum Gasteiger partial charge on any atom is -0.389 e. The van der Waals surface area contributed by atoms with E-state index in [0.717, 1.165) is 0 Å². The molecule has 0 radical (unpaired) electrons. The van der Waals surface area contributed by atoms with E-state index in [1.54, 1.807) is 12.1 Å². The Labute approximate surface area is 107 Å². The lowest BCUT2D eigenvalue weighted by atomic mass is 10.2. The molecule has 4 nitrogen and oxygen atoms in total. The maximum absolute atomic E-state index is 11.8. The van der Waals surface area contributed by atoms with Gasteiger partial charge in [-0.15, -0.1) is 0 Å². The fourth-order valence-corrected chi connectivity index (χ4v) is 1.25. The van der Waals surface area contributed by atoms with E-state index in [2.05, 4.69) is 15.0 Å². The molecule has 1 heterocycles. The van der Waals surface area contributed by atoms with Crippen LogP contribution in [0.2, 0.25) is 0 Å². The first-order valence-electron chi connectivity index (χ1n) is 5.03. The van der Waals surface area contributed by atoms with E-state index in [0.29, 0.717) is 11.4 Å². The summed E-state index contributed by atoms with van der Waals surface area (Å²) >= 11 is 4.79. The summed E-state index contributed by atoms with van der Waals surface area (Å²) in [6.07, 6.45) is -2.79. The van der Waals surface area contributed by atoms with Crippen LogP contribution in [0.5, 0.6) is 0 Å². The zero-order chi connectivity index (χ0) is 13.6. The van der Waals surface area contributed by atoms with E-state index >= 15 is 0 Å². The van der Waals surface area contributed by atoms with Crippen molar-refractivity contribution in [2.45, 2.75) is 6.18 Å². The highest BCUT2D eigenvalue weighted by atomic mass is 32.1. The van der Waals surface area contributed by atoms with Crippen molar-refractivity contribution < 1.29 is 17.9 Å². The number of nitrogens with two attached hydrogens (primary N) is 1. The van der Waals surface area contributed by atoms with Crippen LogP contribution in [0.4, 0.5) is 19.0 Å². The Bertz CT molecular complexity index is 412. The highest BCUT2D eigenvalue weighted by molar-refractivity contribution is 7.80. The number of hydrogen-bond acceptors (Lipinski definition) is 4. The molecule has 0 fully saturated rings. The Kier molecular flexibility index (Phi) is 5.29. The van der Waals surface area contributed by atoms with Crippen molar-refractivity contribution in [1.29, 1.82) is 0 Å². The van der Waals surface area contributed by atoms with Gasteiger partial charge in [-0.2, -0.15) is 13.2 Å². The first-order chi connectivity index (χ1) is 8.38. The monoisotopic (exact) mass is 279 g/mol. The molecular weight excluding hydrogens is 267 g/mol. The molecule has 0 aliphatic rings. The van der Waals surface area contributed by atoms with Gasteiger partial charge in [0, 0.05) is 18.3 Å². The number of alkyl halides is 3. The third-order valence-electron chi connectivity index (χ3n) is 1.86. The number of nitrogens with one attached hydrogen (secondary N) is 1. The Morgan fingerprint density at radius 3 is 2.83 bits per heavy atom. The summed E-state index contributed by atoms with van der Waals surface area (Å²) in [6, 6.07) is 3.26. The van der Waals surface area contributed by atoms with E-state index < -0.39 is 12.8 Å². The van der Waals surface area contributed by atoms with Crippen LogP contribution >= 0.6 is 12.2 Å². The number of rotatable bonds is 6. The van der Waals surface area contributed by atoms with Crippen molar-refractivity contribution in [3.63, 3.8) is 0 Å². The average molecular weight is 279 g/mol. The van der Waals surface area contributed by atoms with Crippen LogP contribution in [0.15, 0.2) is 18.3 Å². The van der Waals surface area contributed by atoms with Gasteiger partial charge in [0.1, 0.15) is 17.4 Å². The molecule has 0 aliphatic heterocycles. The number of aromatic nitrogens is 1. The minimum absolute atomic E-state index is 0.0709. The van der Waals surface area contributed by atoms with E-state index in [9.17, 15) is 13.2 Å². The predicted octanol–water partition coefficient (Wildman–Crippen LogP) is 1.71. The summed E-state index contributed by atoms with van der Waals surface area (Å²) in [5.41, 5.74) is 6.07. The van der Waals surface area contributed by atoms with Crippen LogP contribution < -0.4 is 11.1 Å². The number of hydrogen-bond donors (Lipinski definition) is 2. The molecular formula is C10H12F3N3OS. The Morgan fingerprint density at radius 1 is 1.50 bits per heavy atom. The van der Waals surface area contributed by atoms with E-state index in [1.165, 1.54) is 6.20 Å².